The lowest BCUT2D eigenvalue weighted by atomic mass is 10.1. The maximum atomic E-state index is 12.1. The van der Waals surface area contributed by atoms with Crippen molar-refractivity contribution < 1.29 is 20.1 Å². The molecule has 0 aliphatic carbocycles. The summed E-state index contributed by atoms with van der Waals surface area (Å²) in [7, 11) is 3.34. The van der Waals surface area contributed by atoms with Crippen LogP contribution in [0, 0.1) is 0 Å². The molecule has 1 aromatic rings. The highest BCUT2D eigenvalue weighted by Gasteiger charge is 2.48. The van der Waals surface area contributed by atoms with Gasteiger partial charge in [-0.3, -0.25) is 9.78 Å². The average molecular weight is 313 g/mol. The third-order valence-electron chi connectivity index (χ3n) is 3.96. The molecule has 1 fully saturated rings. The lowest BCUT2D eigenvalue weighted by molar-refractivity contribution is -0.0221. The van der Waals surface area contributed by atoms with E-state index in [1.165, 1.54) is 0 Å². The molecule has 0 amide bonds. The number of aliphatic hydroxyl groups excluding tert-OH is 3. The molecule has 22 heavy (non-hydrogen) atoms. The summed E-state index contributed by atoms with van der Waals surface area (Å²) in [5, 5.41) is 32.0. The molecule has 0 unspecified atom stereocenters. The fourth-order valence-electron chi connectivity index (χ4n) is 2.82. The molecule has 2 aliphatic rings. The molecule has 1 saturated heterocycles. The van der Waals surface area contributed by atoms with Crippen molar-refractivity contribution in [2.75, 3.05) is 42.5 Å². The normalized spacial score (nSPS) is 30.8. The number of nitrogens with zero attached hydrogens (tertiary/aromatic N) is 3. The van der Waals surface area contributed by atoms with E-state index in [9.17, 15) is 20.1 Å². The van der Waals surface area contributed by atoms with Crippen LogP contribution in [0.5, 0.6) is 0 Å². The number of fused-ring (bicyclic) bond motifs is 1. The van der Waals surface area contributed by atoms with Gasteiger partial charge in [0.2, 0.25) is 5.95 Å². The van der Waals surface area contributed by atoms with E-state index >= 15 is 0 Å². The first kappa shape index (κ1) is 15.0. The number of anilines is 3. The Bertz CT molecular complexity index is 622. The summed E-state index contributed by atoms with van der Waals surface area (Å²) in [6.07, 6.45) is -4.18. The van der Waals surface area contributed by atoms with E-state index < -0.39 is 31.1 Å². The van der Waals surface area contributed by atoms with E-state index in [2.05, 4.69) is 15.3 Å². The quantitative estimate of drug-likeness (QED) is 0.409. The second-order valence-electron chi connectivity index (χ2n) is 5.37. The molecule has 0 saturated carbocycles. The number of hydrogen-bond acceptors (Lipinski definition) is 9. The van der Waals surface area contributed by atoms with Gasteiger partial charge in [-0.25, -0.2) is 0 Å². The Balaban J connectivity index is 1.99. The third kappa shape index (κ3) is 2.11. The minimum absolute atomic E-state index is 0.269. The highest BCUT2D eigenvalue weighted by molar-refractivity contribution is 5.72. The van der Waals surface area contributed by atoms with Gasteiger partial charge in [0.25, 0.3) is 5.56 Å². The van der Waals surface area contributed by atoms with Crippen molar-refractivity contribution in [1.82, 2.24) is 9.97 Å². The van der Waals surface area contributed by atoms with E-state index in [1.54, 1.807) is 23.9 Å². The molecule has 10 heteroatoms. The summed E-state index contributed by atoms with van der Waals surface area (Å²) in [5.41, 5.74) is 0.0443. The molecule has 1 aromatic heterocycles. The summed E-state index contributed by atoms with van der Waals surface area (Å²) in [6.45, 7) is -0.138. The molecule has 0 bridgehead atoms. The number of rotatable bonds is 3. The van der Waals surface area contributed by atoms with Gasteiger partial charge in [-0.2, -0.15) is 4.98 Å². The summed E-state index contributed by atoms with van der Waals surface area (Å²) >= 11 is 0. The van der Waals surface area contributed by atoms with Crippen molar-refractivity contribution in [2.24, 2.45) is 0 Å². The Hall–Kier alpha value is -1.88. The number of ether oxygens (including phenoxy) is 1. The molecular weight excluding hydrogens is 294 g/mol. The molecule has 5 N–H and O–H groups in total. The number of hydrogen-bond donors (Lipinski definition) is 5. The Morgan fingerprint density at radius 1 is 1.45 bits per heavy atom. The molecule has 0 radical (unpaired) electrons. The maximum absolute atomic E-state index is 12.1. The predicted molar refractivity (Wildman–Crippen MR) is 77.9 cm³/mol. The van der Waals surface area contributed by atoms with Gasteiger partial charge in [-0.05, 0) is 0 Å². The van der Waals surface area contributed by atoms with Crippen LogP contribution in [0.2, 0.25) is 0 Å². The van der Waals surface area contributed by atoms with E-state index in [1.807, 2.05) is 0 Å². The number of aliphatic hydroxyl groups is 3. The van der Waals surface area contributed by atoms with Crippen molar-refractivity contribution in [2.45, 2.75) is 24.5 Å². The number of H-pyrrole nitrogens is 1. The highest BCUT2D eigenvalue weighted by Crippen LogP contribution is 2.36. The van der Waals surface area contributed by atoms with Crippen LogP contribution in [-0.4, -0.2) is 77.2 Å². The Labute approximate surface area is 126 Å². The van der Waals surface area contributed by atoms with Crippen molar-refractivity contribution >= 4 is 17.5 Å². The summed E-state index contributed by atoms with van der Waals surface area (Å²) in [4.78, 5) is 22.3. The van der Waals surface area contributed by atoms with Gasteiger partial charge in [0, 0.05) is 14.1 Å². The van der Waals surface area contributed by atoms with Gasteiger partial charge in [-0.15, -0.1) is 0 Å². The molecule has 0 aromatic carbocycles. The van der Waals surface area contributed by atoms with Crippen molar-refractivity contribution in [1.29, 1.82) is 0 Å². The second kappa shape index (κ2) is 5.39. The highest BCUT2D eigenvalue weighted by atomic mass is 16.6. The second-order valence-corrected chi connectivity index (χ2v) is 5.37. The van der Waals surface area contributed by atoms with Gasteiger partial charge in [0.1, 0.15) is 24.0 Å². The summed E-state index contributed by atoms with van der Waals surface area (Å²) in [5.74, 6) is 0.640. The molecule has 0 spiro atoms. The van der Waals surface area contributed by atoms with Crippen LogP contribution in [0.25, 0.3) is 0 Å². The SMILES string of the molecule is CNc1nc2c(c(=O)[nH]1)N(C)CN2[C@@H]1O[C@H](CO)[C@@H](O)[C@H]1O. The minimum atomic E-state index is -1.21. The van der Waals surface area contributed by atoms with E-state index in [-0.39, 0.29) is 18.2 Å². The van der Waals surface area contributed by atoms with Crippen LogP contribution in [0.1, 0.15) is 0 Å². The van der Waals surface area contributed by atoms with Gasteiger partial charge in [-0.1, -0.05) is 0 Å². The monoisotopic (exact) mass is 313 g/mol. The standard InChI is InChI=1S/C12H19N5O5/c1-13-12-14-9-6(10(21)15-12)16(2)4-17(9)11-8(20)7(19)5(3-18)22-11/h5,7-8,11,18-20H,3-4H2,1-2H3,(H2,13,14,15,21)/t5-,7-,8-,11-/m1/s1. The molecule has 3 heterocycles. The topological polar surface area (TPSA) is 134 Å². The van der Waals surface area contributed by atoms with Gasteiger partial charge in [0.05, 0.1) is 13.3 Å². The van der Waals surface area contributed by atoms with Crippen LogP contribution < -0.4 is 20.7 Å². The van der Waals surface area contributed by atoms with E-state index in [0.29, 0.717) is 11.5 Å². The lowest BCUT2D eigenvalue weighted by Crippen LogP contribution is -2.45. The van der Waals surface area contributed by atoms with Crippen LogP contribution in [0.4, 0.5) is 17.5 Å². The number of nitrogens with one attached hydrogen (secondary N) is 2. The van der Waals surface area contributed by atoms with Crippen LogP contribution in [0.15, 0.2) is 4.79 Å². The Kier molecular flexibility index (Phi) is 3.68. The zero-order chi connectivity index (χ0) is 16.0. The Morgan fingerprint density at radius 3 is 2.77 bits per heavy atom. The van der Waals surface area contributed by atoms with E-state index in [0.717, 1.165) is 0 Å². The van der Waals surface area contributed by atoms with Crippen molar-refractivity contribution in [3.05, 3.63) is 10.4 Å². The fourth-order valence-corrected chi connectivity index (χ4v) is 2.82. The largest absolute Gasteiger partial charge is 0.394 e. The molecule has 2 aliphatic heterocycles. The first-order valence-electron chi connectivity index (χ1n) is 6.90. The van der Waals surface area contributed by atoms with Gasteiger partial charge in [0.15, 0.2) is 12.0 Å². The van der Waals surface area contributed by atoms with Crippen molar-refractivity contribution in [3.8, 4) is 0 Å². The molecule has 4 atom stereocenters. The maximum Gasteiger partial charge on any atom is 0.278 e. The first-order chi connectivity index (χ1) is 10.5. The molecule has 3 rings (SSSR count). The predicted octanol–water partition coefficient (Wildman–Crippen LogP) is -2.54. The molecule has 10 nitrogen and oxygen atoms in total. The van der Waals surface area contributed by atoms with Crippen LogP contribution >= 0.6 is 0 Å². The van der Waals surface area contributed by atoms with Gasteiger partial charge < -0.3 is 35.2 Å². The zero-order valence-corrected chi connectivity index (χ0v) is 12.2. The summed E-state index contributed by atoms with van der Waals surface area (Å²) < 4.78 is 5.51. The van der Waals surface area contributed by atoms with Crippen LogP contribution in [-0.2, 0) is 4.74 Å². The summed E-state index contributed by atoms with van der Waals surface area (Å²) in [6, 6.07) is 0. The number of aromatic amines is 1. The number of aromatic nitrogens is 2. The molecular formula is C12H19N5O5. The fraction of sp³-hybridized carbons (Fsp3) is 0.667. The smallest absolute Gasteiger partial charge is 0.278 e. The Morgan fingerprint density at radius 2 is 2.18 bits per heavy atom. The average Bonchev–Trinajstić information content (AvgIpc) is 2.98. The minimum Gasteiger partial charge on any atom is -0.394 e. The van der Waals surface area contributed by atoms with E-state index in [4.69, 9.17) is 4.74 Å². The zero-order valence-electron chi connectivity index (χ0n) is 12.2. The first-order valence-corrected chi connectivity index (χ1v) is 6.90. The third-order valence-corrected chi connectivity index (χ3v) is 3.96. The van der Waals surface area contributed by atoms with Crippen molar-refractivity contribution in [3.63, 3.8) is 0 Å². The lowest BCUT2D eigenvalue weighted by Gasteiger charge is -2.27. The van der Waals surface area contributed by atoms with Gasteiger partial charge >= 0.3 is 0 Å². The molecule has 122 valence electrons. The van der Waals surface area contributed by atoms with Crippen LogP contribution in [0.3, 0.4) is 0 Å².